The molecule has 0 amide bonds. The predicted octanol–water partition coefficient (Wildman–Crippen LogP) is 2.04. The van der Waals surface area contributed by atoms with Crippen molar-refractivity contribution in [1.82, 2.24) is 19.5 Å². The van der Waals surface area contributed by atoms with Crippen LogP contribution in [-0.4, -0.2) is 26.6 Å². The molecule has 9 heteroatoms. The van der Waals surface area contributed by atoms with Gasteiger partial charge in [-0.3, -0.25) is 0 Å². The minimum absolute atomic E-state index is 0.130. The number of alkyl halides is 3. The highest BCUT2D eigenvalue weighted by atomic mass is 19.4. The Kier molecular flexibility index (Phi) is 3.13. The molecule has 102 valence electrons. The van der Waals surface area contributed by atoms with E-state index in [2.05, 4.69) is 19.7 Å². The molecule has 0 spiro atoms. The molecule has 2 aromatic heterocycles. The van der Waals surface area contributed by atoms with Crippen molar-refractivity contribution in [2.24, 2.45) is 7.05 Å². The molecule has 0 fully saturated rings. The Bertz CT molecular complexity index is 608. The SMILES string of the molecule is COc1nc(-c2nccn2C)nc(F)c1C(F)(F)F. The predicted molar refractivity (Wildman–Crippen MR) is 55.7 cm³/mol. The molecule has 0 bridgehead atoms. The van der Waals surface area contributed by atoms with Gasteiger partial charge in [-0.1, -0.05) is 0 Å². The van der Waals surface area contributed by atoms with Gasteiger partial charge in [0, 0.05) is 19.4 Å². The molecule has 2 aromatic rings. The van der Waals surface area contributed by atoms with Crippen molar-refractivity contribution in [2.75, 3.05) is 7.11 Å². The van der Waals surface area contributed by atoms with Gasteiger partial charge in [-0.25, -0.2) is 4.98 Å². The van der Waals surface area contributed by atoms with Gasteiger partial charge in [0.2, 0.25) is 17.7 Å². The molecule has 0 aliphatic heterocycles. The second kappa shape index (κ2) is 4.48. The monoisotopic (exact) mass is 276 g/mol. The molecule has 0 aliphatic rings. The second-order valence-corrected chi connectivity index (χ2v) is 3.58. The maximum Gasteiger partial charge on any atom is 0.426 e. The van der Waals surface area contributed by atoms with Crippen molar-refractivity contribution in [1.29, 1.82) is 0 Å². The summed E-state index contributed by atoms with van der Waals surface area (Å²) in [6.07, 6.45) is -2.02. The number of halogens is 4. The summed E-state index contributed by atoms with van der Waals surface area (Å²) in [6, 6.07) is 0. The first kappa shape index (κ1) is 13.2. The number of nitrogens with zero attached hydrogens (tertiary/aromatic N) is 4. The Morgan fingerprint density at radius 2 is 1.95 bits per heavy atom. The Balaban J connectivity index is 2.64. The Hall–Kier alpha value is -2.19. The number of rotatable bonds is 2. The summed E-state index contributed by atoms with van der Waals surface area (Å²) in [5.41, 5.74) is -1.63. The molecule has 0 saturated carbocycles. The van der Waals surface area contributed by atoms with Crippen LogP contribution < -0.4 is 4.74 Å². The first-order valence-electron chi connectivity index (χ1n) is 5.01. The third kappa shape index (κ3) is 2.35. The van der Waals surface area contributed by atoms with Crippen LogP contribution in [0.15, 0.2) is 12.4 Å². The van der Waals surface area contributed by atoms with Gasteiger partial charge in [0.05, 0.1) is 7.11 Å². The molecule has 2 rings (SSSR count). The third-order valence-corrected chi connectivity index (χ3v) is 2.33. The molecule has 0 radical (unpaired) electrons. The van der Waals surface area contributed by atoms with E-state index in [0.29, 0.717) is 0 Å². The quantitative estimate of drug-likeness (QED) is 0.622. The number of hydrogen-bond donors (Lipinski definition) is 0. The van der Waals surface area contributed by atoms with E-state index < -0.39 is 23.6 Å². The van der Waals surface area contributed by atoms with E-state index in [1.807, 2.05) is 0 Å². The van der Waals surface area contributed by atoms with Crippen LogP contribution in [0.3, 0.4) is 0 Å². The summed E-state index contributed by atoms with van der Waals surface area (Å²) in [5.74, 6) is -2.73. The van der Waals surface area contributed by atoms with Crippen molar-refractivity contribution < 1.29 is 22.3 Å². The fraction of sp³-hybridized carbons (Fsp3) is 0.300. The van der Waals surface area contributed by atoms with E-state index in [9.17, 15) is 17.6 Å². The number of imidazole rings is 1. The first-order chi connectivity index (χ1) is 8.84. The van der Waals surface area contributed by atoms with E-state index in [4.69, 9.17) is 0 Å². The fourth-order valence-corrected chi connectivity index (χ4v) is 1.48. The standard InChI is InChI=1S/C10H8F4N4O/c1-18-4-3-15-8(18)7-16-6(11)5(10(12,13)14)9(17-7)19-2/h3-4H,1-2H3. The summed E-state index contributed by atoms with van der Waals surface area (Å²) in [7, 11) is 2.55. The van der Waals surface area contributed by atoms with Gasteiger partial charge in [0.25, 0.3) is 0 Å². The number of aromatic nitrogens is 4. The van der Waals surface area contributed by atoms with Crippen LogP contribution in [0.4, 0.5) is 17.6 Å². The smallest absolute Gasteiger partial charge is 0.426 e. The summed E-state index contributed by atoms with van der Waals surface area (Å²) in [4.78, 5) is 10.6. The van der Waals surface area contributed by atoms with Gasteiger partial charge >= 0.3 is 6.18 Å². The number of aryl methyl sites for hydroxylation is 1. The second-order valence-electron chi connectivity index (χ2n) is 3.58. The molecule has 19 heavy (non-hydrogen) atoms. The maximum atomic E-state index is 13.5. The van der Waals surface area contributed by atoms with Crippen LogP contribution in [-0.2, 0) is 13.2 Å². The number of hydrogen-bond acceptors (Lipinski definition) is 4. The molecule has 0 aromatic carbocycles. The van der Waals surface area contributed by atoms with Crippen molar-refractivity contribution in [3.05, 3.63) is 23.9 Å². The zero-order chi connectivity index (χ0) is 14.2. The number of ether oxygens (including phenoxy) is 1. The Labute approximate surface area is 104 Å². The van der Waals surface area contributed by atoms with E-state index in [1.165, 1.54) is 17.0 Å². The number of methoxy groups -OCH3 is 1. The topological polar surface area (TPSA) is 52.8 Å². The van der Waals surface area contributed by atoms with Crippen LogP contribution in [0.5, 0.6) is 5.88 Å². The lowest BCUT2D eigenvalue weighted by Gasteiger charge is -2.12. The Morgan fingerprint density at radius 3 is 2.42 bits per heavy atom. The lowest BCUT2D eigenvalue weighted by molar-refractivity contribution is -0.142. The zero-order valence-electron chi connectivity index (χ0n) is 9.86. The highest BCUT2D eigenvalue weighted by molar-refractivity contribution is 5.46. The van der Waals surface area contributed by atoms with E-state index in [0.717, 1.165) is 7.11 Å². The van der Waals surface area contributed by atoms with Crippen LogP contribution in [0.25, 0.3) is 11.6 Å². The largest absolute Gasteiger partial charge is 0.480 e. The molecular formula is C10H8F4N4O. The Morgan fingerprint density at radius 1 is 1.26 bits per heavy atom. The summed E-state index contributed by atoms with van der Waals surface area (Å²) in [6.45, 7) is 0. The average molecular weight is 276 g/mol. The van der Waals surface area contributed by atoms with E-state index in [-0.39, 0.29) is 11.6 Å². The van der Waals surface area contributed by atoms with Gasteiger partial charge < -0.3 is 9.30 Å². The zero-order valence-corrected chi connectivity index (χ0v) is 9.86. The van der Waals surface area contributed by atoms with Crippen LogP contribution >= 0.6 is 0 Å². The van der Waals surface area contributed by atoms with E-state index in [1.54, 1.807) is 7.05 Å². The van der Waals surface area contributed by atoms with Gasteiger partial charge in [0.1, 0.15) is 0 Å². The molecule has 0 atom stereocenters. The summed E-state index contributed by atoms with van der Waals surface area (Å²) < 4.78 is 57.3. The molecule has 2 heterocycles. The lowest BCUT2D eigenvalue weighted by atomic mass is 10.3. The van der Waals surface area contributed by atoms with E-state index >= 15 is 0 Å². The third-order valence-electron chi connectivity index (χ3n) is 2.33. The van der Waals surface area contributed by atoms with Crippen LogP contribution in [0.2, 0.25) is 0 Å². The highest BCUT2D eigenvalue weighted by Crippen LogP contribution is 2.37. The van der Waals surface area contributed by atoms with Gasteiger partial charge in [0.15, 0.2) is 11.4 Å². The molecule has 0 aliphatic carbocycles. The molecule has 5 nitrogen and oxygen atoms in total. The molecule has 0 N–H and O–H groups in total. The summed E-state index contributed by atoms with van der Waals surface area (Å²) >= 11 is 0. The maximum absolute atomic E-state index is 13.5. The lowest BCUT2D eigenvalue weighted by Crippen LogP contribution is -2.14. The minimum Gasteiger partial charge on any atom is -0.480 e. The molecular weight excluding hydrogens is 268 g/mol. The van der Waals surface area contributed by atoms with Crippen molar-refractivity contribution in [3.63, 3.8) is 0 Å². The molecule has 0 saturated heterocycles. The van der Waals surface area contributed by atoms with Gasteiger partial charge in [-0.05, 0) is 0 Å². The average Bonchev–Trinajstić information content (AvgIpc) is 2.72. The van der Waals surface area contributed by atoms with Crippen molar-refractivity contribution in [3.8, 4) is 17.5 Å². The summed E-state index contributed by atoms with van der Waals surface area (Å²) in [5, 5.41) is 0. The van der Waals surface area contributed by atoms with Crippen LogP contribution in [0.1, 0.15) is 5.56 Å². The van der Waals surface area contributed by atoms with Crippen molar-refractivity contribution in [2.45, 2.75) is 6.18 Å². The first-order valence-corrected chi connectivity index (χ1v) is 5.01. The van der Waals surface area contributed by atoms with Gasteiger partial charge in [-0.2, -0.15) is 27.5 Å². The normalized spacial score (nSPS) is 11.7. The van der Waals surface area contributed by atoms with Crippen LogP contribution in [0, 0.1) is 5.95 Å². The van der Waals surface area contributed by atoms with Gasteiger partial charge in [-0.15, -0.1) is 0 Å². The minimum atomic E-state index is -4.93. The molecule has 0 unspecified atom stereocenters. The highest BCUT2D eigenvalue weighted by Gasteiger charge is 2.40. The fourth-order valence-electron chi connectivity index (χ4n) is 1.48. The van der Waals surface area contributed by atoms with Crippen molar-refractivity contribution >= 4 is 0 Å².